The summed E-state index contributed by atoms with van der Waals surface area (Å²) in [6, 6.07) is 8.54. The van der Waals surface area contributed by atoms with Crippen LogP contribution in [0.2, 0.25) is 0 Å². The zero-order chi connectivity index (χ0) is 12.3. The van der Waals surface area contributed by atoms with Crippen LogP contribution in [0.15, 0.2) is 47.9 Å². The van der Waals surface area contributed by atoms with Crippen molar-refractivity contribution < 1.29 is 0 Å². The van der Waals surface area contributed by atoms with Crippen LogP contribution in [0.3, 0.4) is 0 Å². The fourth-order valence-electron chi connectivity index (χ4n) is 1.52. The van der Waals surface area contributed by atoms with Crippen LogP contribution >= 0.6 is 11.8 Å². The molecule has 17 heavy (non-hydrogen) atoms. The summed E-state index contributed by atoms with van der Waals surface area (Å²) < 4.78 is 0.247. The molecule has 0 radical (unpaired) electrons. The summed E-state index contributed by atoms with van der Waals surface area (Å²) in [7, 11) is 0. The van der Waals surface area contributed by atoms with Crippen LogP contribution in [0.5, 0.6) is 0 Å². The van der Waals surface area contributed by atoms with Gasteiger partial charge in [0.05, 0.1) is 0 Å². The molecular weight excluding hydrogens is 228 g/mol. The lowest BCUT2D eigenvalue weighted by Crippen LogP contribution is -2.06. The molecule has 0 saturated carbocycles. The standard InChI is InChI=1S/C14H16N2S/c1-14(2,3)17-13-6-4-11(5-7-13)12-8-15-10-16-9-12/h4-10H,1-3H3. The van der Waals surface area contributed by atoms with Crippen molar-refractivity contribution in [3.05, 3.63) is 43.0 Å². The van der Waals surface area contributed by atoms with Gasteiger partial charge in [-0.2, -0.15) is 0 Å². The van der Waals surface area contributed by atoms with Gasteiger partial charge < -0.3 is 0 Å². The molecule has 0 aliphatic heterocycles. The Kier molecular flexibility index (Phi) is 3.48. The van der Waals surface area contributed by atoms with Crippen LogP contribution in [0.4, 0.5) is 0 Å². The second-order valence-electron chi connectivity index (χ2n) is 4.87. The van der Waals surface area contributed by atoms with Crippen molar-refractivity contribution in [2.45, 2.75) is 30.4 Å². The first kappa shape index (κ1) is 12.1. The van der Waals surface area contributed by atoms with Crippen LogP contribution in [0.1, 0.15) is 20.8 Å². The number of aromatic nitrogens is 2. The van der Waals surface area contributed by atoms with E-state index in [0.717, 1.165) is 11.1 Å². The van der Waals surface area contributed by atoms with Crippen molar-refractivity contribution in [2.75, 3.05) is 0 Å². The molecule has 1 heterocycles. The lowest BCUT2D eigenvalue weighted by atomic mass is 10.1. The van der Waals surface area contributed by atoms with Crippen LogP contribution in [-0.4, -0.2) is 14.7 Å². The van der Waals surface area contributed by atoms with E-state index in [-0.39, 0.29) is 4.75 Å². The fraction of sp³-hybridized carbons (Fsp3) is 0.286. The van der Waals surface area contributed by atoms with Crippen molar-refractivity contribution >= 4 is 11.8 Å². The molecule has 0 unspecified atom stereocenters. The third-order valence-electron chi connectivity index (χ3n) is 2.17. The topological polar surface area (TPSA) is 25.8 Å². The summed E-state index contributed by atoms with van der Waals surface area (Å²) in [5, 5.41) is 0. The summed E-state index contributed by atoms with van der Waals surface area (Å²) in [4.78, 5) is 9.34. The van der Waals surface area contributed by atoms with Crippen molar-refractivity contribution in [3.8, 4) is 11.1 Å². The summed E-state index contributed by atoms with van der Waals surface area (Å²) in [6.45, 7) is 6.66. The minimum Gasteiger partial charge on any atom is -0.244 e. The van der Waals surface area contributed by atoms with Gasteiger partial charge in [-0.05, 0) is 17.7 Å². The Morgan fingerprint density at radius 3 is 2.00 bits per heavy atom. The highest BCUT2D eigenvalue weighted by Crippen LogP contribution is 2.32. The Labute approximate surface area is 107 Å². The smallest absolute Gasteiger partial charge is 0.115 e. The monoisotopic (exact) mass is 244 g/mol. The number of benzene rings is 1. The first-order valence-electron chi connectivity index (χ1n) is 5.59. The molecule has 0 atom stereocenters. The quantitative estimate of drug-likeness (QED) is 0.746. The van der Waals surface area contributed by atoms with Crippen LogP contribution in [0.25, 0.3) is 11.1 Å². The summed E-state index contributed by atoms with van der Waals surface area (Å²) in [5.74, 6) is 0. The molecule has 0 bridgehead atoms. The minimum atomic E-state index is 0.247. The molecule has 2 rings (SSSR count). The zero-order valence-electron chi connectivity index (χ0n) is 10.3. The van der Waals surface area contributed by atoms with Crippen LogP contribution < -0.4 is 0 Å². The van der Waals surface area contributed by atoms with Gasteiger partial charge >= 0.3 is 0 Å². The number of nitrogens with zero attached hydrogens (tertiary/aromatic N) is 2. The van der Waals surface area contributed by atoms with E-state index in [9.17, 15) is 0 Å². The number of thioether (sulfide) groups is 1. The van der Waals surface area contributed by atoms with Gasteiger partial charge in [0, 0.05) is 27.6 Å². The molecule has 0 N–H and O–H groups in total. The molecule has 1 aromatic heterocycles. The lowest BCUT2D eigenvalue weighted by molar-refractivity contribution is 0.803. The van der Waals surface area contributed by atoms with Gasteiger partial charge in [0.15, 0.2) is 0 Å². The molecular formula is C14H16N2S. The van der Waals surface area contributed by atoms with Gasteiger partial charge in [0.25, 0.3) is 0 Å². The Hall–Kier alpha value is -1.35. The highest BCUT2D eigenvalue weighted by atomic mass is 32.2. The predicted octanol–water partition coefficient (Wildman–Crippen LogP) is 4.03. The average molecular weight is 244 g/mol. The van der Waals surface area contributed by atoms with E-state index in [4.69, 9.17) is 0 Å². The van der Waals surface area contributed by atoms with Crippen LogP contribution in [0, 0.1) is 0 Å². The highest BCUT2D eigenvalue weighted by Gasteiger charge is 2.11. The van der Waals surface area contributed by atoms with E-state index in [1.165, 1.54) is 4.90 Å². The molecule has 0 aliphatic carbocycles. The predicted molar refractivity (Wildman–Crippen MR) is 73.1 cm³/mol. The maximum absolute atomic E-state index is 4.03. The highest BCUT2D eigenvalue weighted by molar-refractivity contribution is 8.00. The molecule has 3 heteroatoms. The van der Waals surface area contributed by atoms with Crippen molar-refractivity contribution in [1.82, 2.24) is 9.97 Å². The van der Waals surface area contributed by atoms with Crippen molar-refractivity contribution in [3.63, 3.8) is 0 Å². The number of rotatable bonds is 2. The lowest BCUT2D eigenvalue weighted by Gasteiger charge is -2.17. The fourth-order valence-corrected chi connectivity index (χ4v) is 2.50. The third-order valence-corrected chi connectivity index (χ3v) is 3.29. The van der Waals surface area contributed by atoms with Crippen molar-refractivity contribution in [2.24, 2.45) is 0 Å². The first-order chi connectivity index (χ1) is 8.04. The number of hydrogen-bond acceptors (Lipinski definition) is 3. The Morgan fingerprint density at radius 1 is 0.882 bits per heavy atom. The van der Waals surface area contributed by atoms with E-state index in [0.29, 0.717) is 0 Å². The largest absolute Gasteiger partial charge is 0.244 e. The summed E-state index contributed by atoms with van der Waals surface area (Å²) in [6.07, 6.45) is 5.21. The van der Waals surface area contributed by atoms with E-state index < -0.39 is 0 Å². The maximum Gasteiger partial charge on any atom is 0.115 e. The first-order valence-corrected chi connectivity index (χ1v) is 6.41. The molecule has 0 aliphatic rings. The second-order valence-corrected chi connectivity index (χ2v) is 6.77. The van der Waals surface area contributed by atoms with Gasteiger partial charge in [-0.3, -0.25) is 0 Å². The Morgan fingerprint density at radius 2 is 1.47 bits per heavy atom. The van der Waals surface area contributed by atoms with Gasteiger partial charge in [0.2, 0.25) is 0 Å². The SMILES string of the molecule is CC(C)(C)Sc1ccc(-c2cncnc2)cc1. The molecule has 0 saturated heterocycles. The molecule has 2 aromatic rings. The van der Waals surface area contributed by atoms with E-state index in [1.54, 1.807) is 6.33 Å². The molecule has 0 spiro atoms. The molecule has 1 aromatic carbocycles. The van der Waals surface area contributed by atoms with Gasteiger partial charge in [-0.1, -0.05) is 32.9 Å². The minimum absolute atomic E-state index is 0.247. The maximum atomic E-state index is 4.03. The number of hydrogen-bond donors (Lipinski definition) is 0. The van der Waals surface area contributed by atoms with E-state index in [2.05, 4.69) is 55.0 Å². The Bertz CT molecular complexity index is 472. The summed E-state index contributed by atoms with van der Waals surface area (Å²) >= 11 is 1.87. The average Bonchev–Trinajstić information content (AvgIpc) is 2.29. The third kappa shape index (κ3) is 3.56. The van der Waals surface area contributed by atoms with Gasteiger partial charge in [-0.25, -0.2) is 9.97 Å². The molecule has 88 valence electrons. The zero-order valence-corrected chi connectivity index (χ0v) is 11.2. The van der Waals surface area contributed by atoms with Crippen molar-refractivity contribution in [1.29, 1.82) is 0 Å². The molecule has 0 amide bonds. The van der Waals surface area contributed by atoms with E-state index >= 15 is 0 Å². The van der Waals surface area contributed by atoms with Gasteiger partial charge in [0.1, 0.15) is 6.33 Å². The van der Waals surface area contributed by atoms with Crippen LogP contribution in [-0.2, 0) is 0 Å². The summed E-state index contributed by atoms with van der Waals surface area (Å²) in [5.41, 5.74) is 2.21. The molecule has 0 fully saturated rings. The Balaban J connectivity index is 2.19. The normalized spacial score (nSPS) is 11.5. The van der Waals surface area contributed by atoms with E-state index in [1.807, 2.05) is 24.2 Å². The van der Waals surface area contributed by atoms with Gasteiger partial charge in [-0.15, -0.1) is 11.8 Å². The molecule has 2 nitrogen and oxygen atoms in total. The second kappa shape index (κ2) is 4.88.